The van der Waals surface area contributed by atoms with Crippen molar-refractivity contribution in [3.8, 4) is 0 Å². The number of thiophene rings is 1. The van der Waals surface area contributed by atoms with Gasteiger partial charge in [0.05, 0.1) is 12.6 Å². The Morgan fingerprint density at radius 1 is 1.04 bits per heavy atom. The minimum absolute atomic E-state index is 0.115. The van der Waals surface area contributed by atoms with E-state index in [1.807, 2.05) is 54.8 Å². The monoisotopic (exact) mass is 368 g/mol. The summed E-state index contributed by atoms with van der Waals surface area (Å²) < 4.78 is 13.8. The first-order valence-corrected chi connectivity index (χ1v) is 9.38. The van der Waals surface area contributed by atoms with E-state index in [1.54, 1.807) is 29.5 Å². The number of nitrogens with one attached hydrogen (secondary N) is 2. The number of carbonyl (C=O) groups excluding carboxylic acids is 1. The summed E-state index contributed by atoms with van der Waals surface area (Å²) in [6.07, 6.45) is 0. The largest absolute Gasteiger partial charge is 0.343 e. The van der Waals surface area contributed by atoms with Crippen molar-refractivity contribution >= 4 is 17.2 Å². The van der Waals surface area contributed by atoms with Gasteiger partial charge in [-0.3, -0.25) is 4.79 Å². The summed E-state index contributed by atoms with van der Waals surface area (Å²) in [6, 6.07) is 20.0. The van der Waals surface area contributed by atoms with E-state index in [2.05, 4.69) is 10.6 Å². The molecule has 2 N–H and O–H groups in total. The van der Waals surface area contributed by atoms with Gasteiger partial charge in [0.15, 0.2) is 0 Å². The Morgan fingerprint density at radius 2 is 1.77 bits per heavy atom. The Hall–Kier alpha value is -2.50. The smallest absolute Gasteiger partial charge is 0.234 e. The van der Waals surface area contributed by atoms with Crippen LogP contribution in [-0.4, -0.2) is 12.5 Å². The average Bonchev–Trinajstić information content (AvgIpc) is 3.19. The molecular formula is C21H21FN2OS. The lowest BCUT2D eigenvalue weighted by atomic mass is 10.1. The van der Waals surface area contributed by atoms with Gasteiger partial charge < -0.3 is 10.6 Å². The number of hydrogen-bond acceptors (Lipinski definition) is 3. The van der Waals surface area contributed by atoms with Gasteiger partial charge in [-0.2, -0.15) is 0 Å². The molecule has 0 radical (unpaired) electrons. The van der Waals surface area contributed by atoms with Crippen molar-refractivity contribution in [1.82, 2.24) is 10.6 Å². The Labute approximate surface area is 156 Å². The number of benzene rings is 2. The van der Waals surface area contributed by atoms with E-state index in [4.69, 9.17) is 0 Å². The van der Waals surface area contributed by atoms with Crippen LogP contribution < -0.4 is 10.6 Å². The zero-order chi connectivity index (χ0) is 18.4. The molecule has 2 unspecified atom stereocenters. The van der Waals surface area contributed by atoms with Crippen molar-refractivity contribution in [1.29, 1.82) is 0 Å². The maximum atomic E-state index is 13.8. The SMILES string of the molecule is CC(NCC(=O)NC(c1ccccc1)c1cccs1)c1ccccc1F. The molecular weight excluding hydrogens is 347 g/mol. The van der Waals surface area contributed by atoms with E-state index in [0.717, 1.165) is 10.4 Å². The lowest BCUT2D eigenvalue weighted by Gasteiger charge is -2.20. The van der Waals surface area contributed by atoms with Crippen LogP contribution in [0.2, 0.25) is 0 Å². The van der Waals surface area contributed by atoms with Crippen LogP contribution in [0.5, 0.6) is 0 Å². The van der Waals surface area contributed by atoms with Crippen LogP contribution in [0.25, 0.3) is 0 Å². The Kier molecular flexibility index (Phi) is 6.15. The molecule has 2 atom stereocenters. The quantitative estimate of drug-likeness (QED) is 0.647. The molecule has 0 bridgehead atoms. The molecule has 0 aliphatic rings. The second-order valence-corrected chi connectivity index (χ2v) is 7.03. The average molecular weight is 368 g/mol. The summed E-state index contributed by atoms with van der Waals surface area (Å²) >= 11 is 1.61. The van der Waals surface area contributed by atoms with Crippen molar-refractivity contribution in [2.24, 2.45) is 0 Å². The third-order valence-corrected chi connectivity index (χ3v) is 5.14. The molecule has 26 heavy (non-hydrogen) atoms. The highest BCUT2D eigenvalue weighted by Crippen LogP contribution is 2.25. The molecule has 3 rings (SSSR count). The fourth-order valence-corrected chi connectivity index (χ4v) is 3.62. The van der Waals surface area contributed by atoms with Crippen LogP contribution in [0.3, 0.4) is 0 Å². The van der Waals surface area contributed by atoms with Crippen LogP contribution in [0.15, 0.2) is 72.1 Å². The highest BCUT2D eigenvalue weighted by Gasteiger charge is 2.18. The molecule has 0 aliphatic carbocycles. The van der Waals surface area contributed by atoms with Gasteiger partial charge in [0, 0.05) is 16.5 Å². The number of carbonyl (C=O) groups is 1. The Morgan fingerprint density at radius 3 is 2.46 bits per heavy atom. The number of halogens is 1. The maximum Gasteiger partial charge on any atom is 0.234 e. The molecule has 1 heterocycles. The zero-order valence-electron chi connectivity index (χ0n) is 14.5. The maximum absolute atomic E-state index is 13.8. The molecule has 0 spiro atoms. The Bertz CT molecular complexity index is 836. The lowest BCUT2D eigenvalue weighted by Crippen LogP contribution is -2.37. The first kappa shape index (κ1) is 18.3. The van der Waals surface area contributed by atoms with E-state index in [-0.39, 0.29) is 30.4 Å². The Balaban J connectivity index is 1.64. The predicted molar refractivity (Wildman–Crippen MR) is 104 cm³/mol. The molecule has 0 saturated carbocycles. The molecule has 5 heteroatoms. The van der Waals surface area contributed by atoms with Gasteiger partial charge in [0.25, 0.3) is 0 Å². The fourth-order valence-electron chi connectivity index (χ4n) is 2.81. The topological polar surface area (TPSA) is 41.1 Å². The molecule has 0 saturated heterocycles. The highest BCUT2D eigenvalue weighted by molar-refractivity contribution is 7.10. The van der Waals surface area contributed by atoms with Crippen molar-refractivity contribution in [3.05, 3.63) is 93.9 Å². The van der Waals surface area contributed by atoms with Crippen LogP contribution in [0.4, 0.5) is 4.39 Å². The van der Waals surface area contributed by atoms with Crippen molar-refractivity contribution in [2.45, 2.75) is 19.0 Å². The standard InChI is InChI=1S/C21H21FN2OS/c1-15(17-10-5-6-11-18(17)22)23-14-20(25)24-21(19-12-7-13-26-19)16-8-3-2-4-9-16/h2-13,15,21,23H,14H2,1H3,(H,24,25). The zero-order valence-corrected chi connectivity index (χ0v) is 15.3. The fraction of sp³-hybridized carbons (Fsp3) is 0.190. The lowest BCUT2D eigenvalue weighted by molar-refractivity contribution is -0.120. The number of hydrogen-bond donors (Lipinski definition) is 2. The molecule has 2 aromatic carbocycles. The summed E-state index contributed by atoms with van der Waals surface area (Å²) in [5.41, 5.74) is 1.59. The summed E-state index contributed by atoms with van der Waals surface area (Å²) in [7, 11) is 0. The van der Waals surface area contributed by atoms with Crippen molar-refractivity contribution < 1.29 is 9.18 Å². The molecule has 3 aromatic rings. The van der Waals surface area contributed by atoms with E-state index >= 15 is 0 Å². The summed E-state index contributed by atoms with van der Waals surface area (Å²) in [5.74, 6) is -0.399. The highest BCUT2D eigenvalue weighted by atomic mass is 32.1. The van der Waals surface area contributed by atoms with Crippen LogP contribution >= 0.6 is 11.3 Å². The second kappa shape index (κ2) is 8.74. The van der Waals surface area contributed by atoms with Crippen LogP contribution in [0, 0.1) is 5.82 Å². The molecule has 0 aliphatic heterocycles. The summed E-state index contributed by atoms with van der Waals surface area (Å²) in [5, 5.41) is 8.16. The molecule has 0 fully saturated rings. The van der Waals surface area contributed by atoms with Gasteiger partial charge in [-0.1, -0.05) is 54.6 Å². The van der Waals surface area contributed by atoms with E-state index in [1.165, 1.54) is 6.07 Å². The predicted octanol–water partition coefficient (Wildman–Crippen LogP) is 4.44. The second-order valence-electron chi connectivity index (χ2n) is 6.05. The number of amides is 1. The van der Waals surface area contributed by atoms with Gasteiger partial charge in [-0.15, -0.1) is 11.3 Å². The normalized spacial score (nSPS) is 13.2. The molecule has 134 valence electrons. The molecule has 3 nitrogen and oxygen atoms in total. The summed E-state index contributed by atoms with van der Waals surface area (Å²) in [6.45, 7) is 1.96. The van der Waals surface area contributed by atoms with E-state index in [0.29, 0.717) is 5.56 Å². The van der Waals surface area contributed by atoms with E-state index < -0.39 is 0 Å². The minimum Gasteiger partial charge on any atom is -0.343 e. The van der Waals surface area contributed by atoms with Crippen molar-refractivity contribution in [3.63, 3.8) is 0 Å². The third kappa shape index (κ3) is 4.56. The first-order chi connectivity index (χ1) is 12.6. The van der Waals surface area contributed by atoms with Crippen LogP contribution in [0.1, 0.15) is 35.0 Å². The molecule has 1 amide bonds. The van der Waals surface area contributed by atoms with E-state index in [9.17, 15) is 9.18 Å². The first-order valence-electron chi connectivity index (χ1n) is 8.50. The van der Waals surface area contributed by atoms with Crippen LogP contribution in [-0.2, 0) is 4.79 Å². The van der Waals surface area contributed by atoms with Crippen molar-refractivity contribution in [2.75, 3.05) is 6.54 Å². The summed E-state index contributed by atoms with van der Waals surface area (Å²) in [4.78, 5) is 13.6. The number of rotatable bonds is 7. The minimum atomic E-state index is -0.270. The van der Waals surface area contributed by atoms with Gasteiger partial charge in [-0.25, -0.2) is 4.39 Å². The van der Waals surface area contributed by atoms with Gasteiger partial charge in [-0.05, 0) is 30.0 Å². The molecule has 1 aromatic heterocycles. The van der Waals surface area contributed by atoms with Gasteiger partial charge >= 0.3 is 0 Å². The van der Waals surface area contributed by atoms with Gasteiger partial charge in [0.2, 0.25) is 5.91 Å². The van der Waals surface area contributed by atoms with Gasteiger partial charge in [0.1, 0.15) is 5.82 Å². The third-order valence-electron chi connectivity index (χ3n) is 4.21.